The van der Waals surface area contributed by atoms with Crippen LogP contribution in [-0.4, -0.2) is 9.78 Å². The van der Waals surface area contributed by atoms with Crippen molar-refractivity contribution >= 4 is 31.9 Å². The van der Waals surface area contributed by atoms with Crippen LogP contribution in [0.15, 0.2) is 33.3 Å². The Morgan fingerprint density at radius 2 is 2.05 bits per heavy atom. The minimum absolute atomic E-state index is 0.166. The number of nitrogens with one attached hydrogen (secondary N) is 1. The molecule has 0 fully saturated rings. The summed E-state index contributed by atoms with van der Waals surface area (Å²) in [7, 11) is 0. The summed E-state index contributed by atoms with van der Waals surface area (Å²) in [6, 6.07) is 4.67. The van der Waals surface area contributed by atoms with Crippen LogP contribution in [0.2, 0.25) is 0 Å². The van der Waals surface area contributed by atoms with Crippen LogP contribution in [-0.2, 0) is 0 Å². The smallest absolute Gasteiger partial charge is 0.137 e. The number of hydrazine groups is 1. The number of aromatic nitrogens is 2. The van der Waals surface area contributed by atoms with Crippen LogP contribution in [0.1, 0.15) is 37.2 Å². The summed E-state index contributed by atoms with van der Waals surface area (Å²) in [4.78, 5) is 0. The van der Waals surface area contributed by atoms with Gasteiger partial charge in [-0.2, -0.15) is 5.10 Å². The van der Waals surface area contributed by atoms with Gasteiger partial charge in [-0.15, -0.1) is 0 Å². The molecule has 1 atom stereocenters. The molecule has 1 heterocycles. The molecule has 2 aromatic rings. The van der Waals surface area contributed by atoms with E-state index < -0.39 is 0 Å². The molecule has 1 aromatic heterocycles. The van der Waals surface area contributed by atoms with Crippen LogP contribution in [0.4, 0.5) is 4.39 Å². The molecule has 0 radical (unpaired) electrons. The van der Waals surface area contributed by atoms with Crippen LogP contribution >= 0.6 is 31.9 Å². The molecular weight excluding hydrogens is 391 g/mol. The van der Waals surface area contributed by atoms with E-state index in [1.807, 2.05) is 24.6 Å². The first-order valence-electron chi connectivity index (χ1n) is 6.10. The van der Waals surface area contributed by atoms with Crippen LogP contribution in [0.25, 0.3) is 0 Å². The fourth-order valence-electron chi connectivity index (χ4n) is 2.09. The monoisotopic (exact) mass is 404 g/mol. The standard InChI is InChI=1S/C13H15Br2FN4/c1-7(2)20-13(9(14)6-18-20)12(19-17)8-4-3-5-10(16)11(8)15/h3-7,12,19H,17H2,1-2H3. The van der Waals surface area contributed by atoms with Gasteiger partial charge in [-0.3, -0.25) is 10.5 Å². The van der Waals surface area contributed by atoms with Crippen molar-refractivity contribution in [3.63, 3.8) is 0 Å². The van der Waals surface area contributed by atoms with Crippen LogP contribution in [0, 0.1) is 5.82 Å². The SMILES string of the molecule is CC(C)n1ncc(Br)c1C(NN)c1cccc(F)c1Br. The number of halogens is 3. The minimum Gasteiger partial charge on any atom is -0.271 e. The lowest BCUT2D eigenvalue weighted by molar-refractivity contribution is 0.473. The van der Waals surface area contributed by atoms with Gasteiger partial charge in [0.2, 0.25) is 0 Å². The Labute approximate surface area is 133 Å². The summed E-state index contributed by atoms with van der Waals surface area (Å²) in [5.41, 5.74) is 4.31. The van der Waals surface area contributed by atoms with Crippen molar-refractivity contribution in [3.05, 3.63) is 50.4 Å². The highest BCUT2D eigenvalue weighted by molar-refractivity contribution is 9.10. The largest absolute Gasteiger partial charge is 0.271 e. The highest BCUT2D eigenvalue weighted by Gasteiger charge is 2.24. The predicted molar refractivity (Wildman–Crippen MR) is 83.6 cm³/mol. The van der Waals surface area contributed by atoms with E-state index in [0.717, 1.165) is 15.7 Å². The predicted octanol–water partition coefficient (Wildman–Crippen LogP) is 3.68. The Hall–Kier alpha value is -0.760. The van der Waals surface area contributed by atoms with Gasteiger partial charge in [0.15, 0.2) is 0 Å². The van der Waals surface area contributed by atoms with Crippen molar-refractivity contribution in [2.24, 2.45) is 5.84 Å². The van der Waals surface area contributed by atoms with Crippen molar-refractivity contribution in [2.45, 2.75) is 25.9 Å². The molecule has 0 saturated heterocycles. The molecule has 0 aliphatic rings. The summed E-state index contributed by atoms with van der Waals surface area (Å²) < 4.78 is 16.8. The van der Waals surface area contributed by atoms with Gasteiger partial charge in [0.05, 0.1) is 26.9 Å². The van der Waals surface area contributed by atoms with Gasteiger partial charge >= 0.3 is 0 Å². The number of rotatable bonds is 4. The van der Waals surface area contributed by atoms with Crippen molar-refractivity contribution < 1.29 is 4.39 Å². The average molecular weight is 406 g/mol. The molecule has 0 aliphatic heterocycles. The number of nitrogens with zero attached hydrogens (tertiary/aromatic N) is 2. The van der Waals surface area contributed by atoms with E-state index in [9.17, 15) is 4.39 Å². The molecule has 1 aromatic carbocycles. The van der Waals surface area contributed by atoms with E-state index in [-0.39, 0.29) is 17.9 Å². The van der Waals surface area contributed by atoms with Crippen molar-refractivity contribution in [2.75, 3.05) is 0 Å². The van der Waals surface area contributed by atoms with Crippen molar-refractivity contribution in [1.82, 2.24) is 15.2 Å². The average Bonchev–Trinajstić information content (AvgIpc) is 2.78. The second-order valence-corrected chi connectivity index (χ2v) is 6.31. The third kappa shape index (κ3) is 2.81. The summed E-state index contributed by atoms with van der Waals surface area (Å²) >= 11 is 6.76. The highest BCUT2D eigenvalue weighted by Crippen LogP contribution is 2.34. The molecule has 20 heavy (non-hydrogen) atoms. The Morgan fingerprint density at radius 3 is 2.65 bits per heavy atom. The summed E-state index contributed by atoms with van der Waals surface area (Å²) in [6.07, 6.45) is 1.72. The molecule has 0 saturated carbocycles. The zero-order valence-electron chi connectivity index (χ0n) is 11.1. The van der Waals surface area contributed by atoms with Gasteiger partial charge in [-0.1, -0.05) is 12.1 Å². The first kappa shape index (κ1) is 15.6. The quantitative estimate of drug-likeness (QED) is 0.602. The molecule has 2 rings (SSSR count). The number of benzene rings is 1. The van der Waals surface area contributed by atoms with E-state index in [1.165, 1.54) is 6.07 Å². The number of nitrogens with two attached hydrogens (primary N) is 1. The summed E-state index contributed by atoms with van der Waals surface area (Å²) in [6.45, 7) is 4.05. The van der Waals surface area contributed by atoms with Gasteiger partial charge in [0.25, 0.3) is 0 Å². The molecule has 1 unspecified atom stereocenters. The number of hydrogen-bond donors (Lipinski definition) is 2. The third-order valence-corrected chi connectivity index (χ3v) is 4.46. The van der Waals surface area contributed by atoms with Crippen molar-refractivity contribution in [1.29, 1.82) is 0 Å². The topological polar surface area (TPSA) is 55.9 Å². The van der Waals surface area contributed by atoms with Gasteiger partial charge in [-0.05, 0) is 57.3 Å². The van der Waals surface area contributed by atoms with Gasteiger partial charge in [0.1, 0.15) is 5.82 Å². The van der Waals surface area contributed by atoms with Crippen LogP contribution < -0.4 is 11.3 Å². The van der Waals surface area contributed by atoms with Crippen LogP contribution in [0.3, 0.4) is 0 Å². The minimum atomic E-state index is -0.376. The second kappa shape index (κ2) is 6.34. The molecule has 0 amide bonds. The molecule has 0 bridgehead atoms. The van der Waals surface area contributed by atoms with E-state index in [0.29, 0.717) is 4.47 Å². The zero-order chi connectivity index (χ0) is 14.9. The van der Waals surface area contributed by atoms with E-state index in [1.54, 1.807) is 12.3 Å². The molecule has 108 valence electrons. The molecule has 0 aliphatic carbocycles. The highest BCUT2D eigenvalue weighted by atomic mass is 79.9. The maximum Gasteiger partial charge on any atom is 0.137 e. The number of hydrogen-bond acceptors (Lipinski definition) is 3. The maximum absolute atomic E-state index is 13.7. The second-order valence-electron chi connectivity index (χ2n) is 4.66. The zero-order valence-corrected chi connectivity index (χ0v) is 14.2. The normalized spacial score (nSPS) is 12.9. The Balaban J connectivity index is 2.58. The maximum atomic E-state index is 13.7. The van der Waals surface area contributed by atoms with Gasteiger partial charge in [-0.25, -0.2) is 9.82 Å². The summed E-state index contributed by atoms with van der Waals surface area (Å²) in [5.74, 6) is 5.37. The Kier molecular flexibility index (Phi) is 4.95. The van der Waals surface area contributed by atoms with Gasteiger partial charge < -0.3 is 0 Å². The molecular formula is C13H15Br2FN4. The third-order valence-electron chi connectivity index (χ3n) is 3.01. The Bertz CT molecular complexity index is 612. The molecule has 0 spiro atoms. The van der Waals surface area contributed by atoms with E-state index in [2.05, 4.69) is 42.4 Å². The van der Waals surface area contributed by atoms with E-state index >= 15 is 0 Å². The molecule has 3 N–H and O–H groups in total. The lowest BCUT2D eigenvalue weighted by atomic mass is 10.0. The first-order chi connectivity index (χ1) is 9.47. The van der Waals surface area contributed by atoms with Gasteiger partial charge in [0, 0.05) is 6.04 Å². The van der Waals surface area contributed by atoms with Crippen LogP contribution in [0.5, 0.6) is 0 Å². The first-order valence-corrected chi connectivity index (χ1v) is 7.69. The lowest BCUT2D eigenvalue weighted by Crippen LogP contribution is -2.31. The molecule has 4 nitrogen and oxygen atoms in total. The Morgan fingerprint density at radius 1 is 1.35 bits per heavy atom. The summed E-state index contributed by atoms with van der Waals surface area (Å²) in [5, 5.41) is 4.33. The fourth-order valence-corrected chi connectivity index (χ4v) is 3.09. The lowest BCUT2D eigenvalue weighted by Gasteiger charge is -2.22. The fraction of sp³-hybridized carbons (Fsp3) is 0.308. The molecule has 7 heteroatoms. The van der Waals surface area contributed by atoms with Crippen molar-refractivity contribution in [3.8, 4) is 0 Å². The van der Waals surface area contributed by atoms with E-state index in [4.69, 9.17) is 5.84 Å².